The van der Waals surface area contributed by atoms with Gasteiger partial charge in [-0.2, -0.15) is 0 Å². The van der Waals surface area contributed by atoms with E-state index < -0.39 is 8.07 Å². The Morgan fingerprint density at radius 3 is 2.07 bits per heavy atom. The summed E-state index contributed by atoms with van der Waals surface area (Å²) < 4.78 is 19.2. The van der Waals surface area contributed by atoms with E-state index in [9.17, 15) is 4.39 Å². The van der Waals surface area contributed by atoms with Gasteiger partial charge in [0.25, 0.3) is 0 Å². The standard InChI is InChI=1S/C26H32NSi.C24H15FNO.Ir/c1-6-28(7-2,8-3)26-19-27-25(18-24(26)20(4)5)23-16-12-15-22(17-23)21-13-10-9-11-14-21;25-19-7-8-20-21-14-18(6-9-23(21)27-24(20)15-19)22-13-17(10-11-26-22)12-16-4-2-1-3-5-16;/h9-15,17-20H,6-8H2,1-5H3;1-5,7-11,13-15H,12H2;/q2*-1;. The molecule has 0 saturated heterocycles. The minimum atomic E-state index is -1.46. The van der Waals surface area contributed by atoms with Gasteiger partial charge in [0.2, 0.25) is 0 Å². The molecule has 56 heavy (non-hydrogen) atoms. The van der Waals surface area contributed by atoms with Crippen molar-refractivity contribution in [3.8, 4) is 33.6 Å². The smallest absolute Gasteiger partial charge is 0.126 e. The third-order valence-electron chi connectivity index (χ3n) is 11.1. The van der Waals surface area contributed by atoms with Crippen LogP contribution in [0.25, 0.3) is 55.6 Å². The second kappa shape index (κ2) is 18.3. The van der Waals surface area contributed by atoms with Crippen LogP contribution in [-0.4, -0.2) is 18.0 Å². The summed E-state index contributed by atoms with van der Waals surface area (Å²) in [6.07, 6.45) is 4.89. The normalized spacial score (nSPS) is 11.3. The molecule has 6 heteroatoms. The third-order valence-corrected chi connectivity index (χ3v) is 16.7. The van der Waals surface area contributed by atoms with Gasteiger partial charge in [-0.3, -0.25) is 0 Å². The van der Waals surface area contributed by atoms with Crippen LogP contribution in [0.2, 0.25) is 18.1 Å². The Bertz CT molecular complexity index is 2520. The first-order valence-corrected chi connectivity index (χ1v) is 22.0. The molecule has 5 aromatic carbocycles. The van der Waals surface area contributed by atoms with Gasteiger partial charge in [0.1, 0.15) is 11.4 Å². The average Bonchev–Trinajstić information content (AvgIpc) is 3.59. The number of nitrogens with zero attached hydrogens (tertiary/aromatic N) is 2. The van der Waals surface area contributed by atoms with Crippen LogP contribution in [0.3, 0.4) is 0 Å². The number of benzene rings is 5. The summed E-state index contributed by atoms with van der Waals surface area (Å²) in [5, 5.41) is 3.40. The third kappa shape index (κ3) is 8.84. The number of halogens is 1. The molecule has 3 aromatic heterocycles. The minimum Gasteiger partial charge on any atom is -0.500 e. The van der Waals surface area contributed by atoms with Gasteiger partial charge in [0.05, 0.1) is 13.7 Å². The van der Waals surface area contributed by atoms with Crippen molar-refractivity contribution < 1.29 is 28.9 Å². The van der Waals surface area contributed by atoms with Gasteiger partial charge in [0.15, 0.2) is 0 Å². The Balaban J connectivity index is 0.000000187. The van der Waals surface area contributed by atoms with Crippen LogP contribution < -0.4 is 5.19 Å². The molecule has 0 aliphatic rings. The van der Waals surface area contributed by atoms with Crippen LogP contribution in [0.4, 0.5) is 4.39 Å². The fourth-order valence-corrected chi connectivity index (χ4v) is 11.6. The first-order chi connectivity index (χ1) is 26.8. The quantitative estimate of drug-likeness (QED) is 0.101. The number of pyridine rings is 2. The molecular weight excluding hydrogens is 884 g/mol. The van der Waals surface area contributed by atoms with Crippen molar-refractivity contribution in [2.75, 3.05) is 0 Å². The van der Waals surface area contributed by atoms with Crippen molar-refractivity contribution in [1.82, 2.24) is 9.97 Å². The van der Waals surface area contributed by atoms with E-state index in [0.717, 1.165) is 39.7 Å². The molecule has 285 valence electrons. The predicted molar refractivity (Wildman–Crippen MR) is 230 cm³/mol. The SMILES string of the molecule is CC[Si](CC)(CC)c1cnc(-c2[c-]ccc(-c3ccccc3)c2)cc1C(C)C.Fc1ccc2c(c1)oc1c[c-]c(-c3cc(Cc4ccccc4)ccn3)cc12.[Ir]. The molecule has 8 aromatic rings. The molecule has 0 saturated carbocycles. The van der Waals surface area contributed by atoms with Crippen molar-refractivity contribution in [3.05, 3.63) is 174 Å². The molecule has 1 radical (unpaired) electrons. The van der Waals surface area contributed by atoms with E-state index in [1.807, 2.05) is 42.6 Å². The average molecular weight is 931 g/mol. The van der Waals surface area contributed by atoms with E-state index in [2.05, 4.69) is 125 Å². The fraction of sp³-hybridized carbons (Fsp3) is 0.200. The number of fused-ring (bicyclic) bond motifs is 3. The first kappa shape index (κ1) is 40.7. The molecule has 3 nitrogen and oxygen atoms in total. The van der Waals surface area contributed by atoms with Crippen molar-refractivity contribution >= 4 is 35.2 Å². The molecule has 0 atom stereocenters. The van der Waals surface area contributed by atoms with Gasteiger partial charge < -0.3 is 14.4 Å². The van der Waals surface area contributed by atoms with E-state index in [1.165, 1.54) is 58.1 Å². The van der Waals surface area contributed by atoms with Crippen LogP contribution >= 0.6 is 0 Å². The van der Waals surface area contributed by atoms with Crippen LogP contribution in [-0.2, 0) is 26.5 Å². The van der Waals surface area contributed by atoms with Crippen LogP contribution in [0.15, 0.2) is 144 Å². The first-order valence-electron chi connectivity index (χ1n) is 19.4. The van der Waals surface area contributed by atoms with E-state index in [-0.39, 0.29) is 25.9 Å². The molecule has 0 amide bonds. The Hall–Kier alpha value is -5.00. The summed E-state index contributed by atoms with van der Waals surface area (Å²) >= 11 is 0. The largest absolute Gasteiger partial charge is 0.500 e. The van der Waals surface area contributed by atoms with Crippen molar-refractivity contribution in [1.29, 1.82) is 0 Å². The fourth-order valence-electron chi connectivity index (χ4n) is 7.69. The van der Waals surface area contributed by atoms with Crippen molar-refractivity contribution in [2.24, 2.45) is 0 Å². The maximum Gasteiger partial charge on any atom is 0.126 e. The Morgan fingerprint density at radius 1 is 0.661 bits per heavy atom. The van der Waals surface area contributed by atoms with E-state index in [0.29, 0.717) is 17.1 Å². The summed E-state index contributed by atoms with van der Waals surface area (Å²) in [4.78, 5) is 9.45. The van der Waals surface area contributed by atoms with Gasteiger partial charge in [-0.1, -0.05) is 136 Å². The zero-order valence-corrected chi connectivity index (χ0v) is 36.1. The number of hydrogen-bond donors (Lipinski definition) is 0. The molecule has 0 aliphatic heterocycles. The Morgan fingerprint density at radius 2 is 1.36 bits per heavy atom. The van der Waals surface area contributed by atoms with Gasteiger partial charge >= 0.3 is 0 Å². The summed E-state index contributed by atoms with van der Waals surface area (Å²) in [6, 6.07) is 52.6. The molecule has 0 N–H and O–H groups in total. The topological polar surface area (TPSA) is 38.9 Å². The molecule has 0 spiro atoms. The second-order valence-corrected chi connectivity index (χ2v) is 19.8. The van der Waals surface area contributed by atoms with E-state index in [1.54, 1.807) is 17.3 Å². The van der Waals surface area contributed by atoms with Gasteiger partial charge in [-0.15, -0.1) is 59.2 Å². The van der Waals surface area contributed by atoms with Crippen LogP contribution in [0.1, 0.15) is 57.2 Å². The summed E-state index contributed by atoms with van der Waals surface area (Å²) in [6.45, 7) is 11.7. The maximum absolute atomic E-state index is 13.5. The van der Waals surface area contributed by atoms with E-state index in [4.69, 9.17) is 9.40 Å². The number of aromatic nitrogens is 2. The van der Waals surface area contributed by atoms with E-state index >= 15 is 0 Å². The van der Waals surface area contributed by atoms with Gasteiger partial charge in [-0.25, -0.2) is 4.39 Å². The minimum absolute atomic E-state index is 0. The zero-order chi connectivity index (χ0) is 38.4. The summed E-state index contributed by atoms with van der Waals surface area (Å²) in [5.74, 6) is 0.201. The number of rotatable bonds is 10. The van der Waals surface area contributed by atoms with Crippen molar-refractivity contribution in [2.45, 2.75) is 65.1 Å². The molecular formula is C50H47FIrN2OSi-2. The maximum atomic E-state index is 13.5. The zero-order valence-electron chi connectivity index (χ0n) is 32.7. The predicted octanol–water partition coefficient (Wildman–Crippen LogP) is 13.2. The van der Waals surface area contributed by atoms with Crippen molar-refractivity contribution in [3.63, 3.8) is 0 Å². The molecule has 8 rings (SSSR count). The van der Waals surface area contributed by atoms with Crippen LogP contribution in [0, 0.1) is 17.9 Å². The number of hydrogen-bond acceptors (Lipinski definition) is 3. The summed E-state index contributed by atoms with van der Waals surface area (Å²) in [7, 11) is -1.46. The Kier molecular flexibility index (Phi) is 13.3. The summed E-state index contributed by atoms with van der Waals surface area (Å²) in [5.41, 5.74) is 11.5. The molecule has 3 heterocycles. The van der Waals surface area contributed by atoms with Gasteiger partial charge in [0, 0.05) is 44.0 Å². The molecule has 0 unspecified atom stereocenters. The van der Waals surface area contributed by atoms with Gasteiger partial charge in [-0.05, 0) is 63.8 Å². The van der Waals surface area contributed by atoms with Crippen LogP contribution in [0.5, 0.6) is 0 Å². The molecule has 0 bridgehead atoms. The second-order valence-electron chi connectivity index (χ2n) is 14.6. The monoisotopic (exact) mass is 931 g/mol. The number of furan rings is 1. The Labute approximate surface area is 345 Å². The molecule has 0 aliphatic carbocycles. The molecule has 0 fully saturated rings.